The Balaban J connectivity index is 1.54. The third kappa shape index (κ3) is 4.61. The molecular weight excluding hydrogens is 354 g/mol. The molecule has 0 aromatic heterocycles. The van der Waals surface area contributed by atoms with Crippen LogP contribution in [0.25, 0.3) is 0 Å². The topological polar surface area (TPSA) is 87.3 Å². The van der Waals surface area contributed by atoms with Gasteiger partial charge in [0.05, 0.1) is 11.8 Å². The van der Waals surface area contributed by atoms with E-state index in [9.17, 15) is 14.4 Å². The summed E-state index contributed by atoms with van der Waals surface area (Å²) in [6, 6.07) is 13.7. The fourth-order valence-electron chi connectivity index (χ4n) is 2.66. The Hall–Kier alpha value is -2.86. The van der Waals surface area contributed by atoms with Gasteiger partial charge in [-0.05, 0) is 48.9 Å². The maximum atomic E-state index is 12.3. The highest BCUT2D eigenvalue weighted by Gasteiger charge is 2.48. The molecule has 0 radical (unpaired) electrons. The van der Waals surface area contributed by atoms with Crippen molar-refractivity contribution in [3.05, 3.63) is 53.6 Å². The normalized spacial score (nSPS) is 17.9. The second-order valence-corrected chi connectivity index (χ2v) is 6.63. The predicted octanol–water partition coefficient (Wildman–Crippen LogP) is 3.51. The fraction of sp³-hybridized carbons (Fsp3) is 0.211. The van der Waals surface area contributed by atoms with Gasteiger partial charge in [-0.15, -0.1) is 0 Å². The van der Waals surface area contributed by atoms with Gasteiger partial charge in [0.25, 0.3) is 0 Å². The molecule has 2 aromatic rings. The van der Waals surface area contributed by atoms with Crippen molar-refractivity contribution in [2.24, 2.45) is 11.8 Å². The molecule has 0 aliphatic heterocycles. The van der Waals surface area contributed by atoms with Gasteiger partial charge in [0.1, 0.15) is 0 Å². The van der Waals surface area contributed by atoms with Gasteiger partial charge in [0.15, 0.2) is 0 Å². The number of nitrogens with one attached hydrogen (secondary N) is 3. The molecule has 3 rings (SSSR count). The SMILES string of the molecule is CC(=O)Nc1cccc(NC(=O)C2CC2C(=O)Nc2ccc(Cl)cc2)c1. The van der Waals surface area contributed by atoms with Crippen molar-refractivity contribution in [3.8, 4) is 0 Å². The molecule has 2 unspecified atom stereocenters. The van der Waals surface area contributed by atoms with Gasteiger partial charge >= 0.3 is 0 Å². The second-order valence-electron chi connectivity index (χ2n) is 6.20. The van der Waals surface area contributed by atoms with E-state index in [1.54, 1.807) is 48.5 Å². The number of rotatable bonds is 5. The Morgan fingerprint density at radius 2 is 1.38 bits per heavy atom. The summed E-state index contributed by atoms with van der Waals surface area (Å²) in [5.74, 6) is -1.27. The molecule has 3 amide bonds. The number of amides is 3. The first-order valence-electron chi connectivity index (χ1n) is 8.17. The first-order valence-corrected chi connectivity index (χ1v) is 8.55. The standard InChI is InChI=1S/C19H18ClN3O3/c1-11(24)21-14-3-2-4-15(9-14)23-19(26)17-10-16(17)18(25)22-13-7-5-12(20)6-8-13/h2-9,16-17H,10H2,1H3,(H,21,24)(H,22,25)(H,23,26). The smallest absolute Gasteiger partial charge is 0.228 e. The summed E-state index contributed by atoms with van der Waals surface area (Å²) < 4.78 is 0. The van der Waals surface area contributed by atoms with E-state index in [4.69, 9.17) is 11.6 Å². The Kier molecular flexibility index (Phi) is 5.23. The van der Waals surface area contributed by atoms with E-state index in [0.717, 1.165) is 0 Å². The molecule has 0 saturated heterocycles. The van der Waals surface area contributed by atoms with Crippen LogP contribution in [0.15, 0.2) is 48.5 Å². The number of carbonyl (C=O) groups excluding carboxylic acids is 3. The largest absolute Gasteiger partial charge is 0.326 e. The molecule has 6 nitrogen and oxygen atoms in total. The zero-order valence-corrected chi connectivity index (χ0v) is 14.8. The van der Waals surface area contributed by atoms with Crippen LogP contribution < -0.4 is 16.0 Å². The minimum Gasteiger partial charge on any atom is -0.326 e. The van der Waals surface area contributed by atoms with Crippen LogP contribution in [0.4, 0.5) is 17.1 Å². The van der Waals surface area contributed by atoms with Gasteiger partial charge < -0.3 is 16.0 Å². The monoisotopic (exact) mass is 371 g/mol. The highest BCUT2D eigenvalue weighted by atomic mass is 35.5. The van der Waals surface area contributed by atoms with Gasteiger partial charge in [-0.2, -0.15) is 0 Å². The highest BCUT2D eigenvalue weighted by Crippen LogP contribution is 2.40. The molecule has 1 fully saturated rings. The van der Waals surface area contributed by atoms with E-state index in [0.29, 0.717) is 28.5 Å². The molecule has 134 valence electrons. The van der Waals surface area contributed by atoms with Gasteiger partial charge in [-0.3, -0.25) is 14.4 Å². The predicted molar refractivity (Wildman–Crippen MR) is 101 cm³/mol. The molecule has 1 aliphatic rings. The van der Waals surface area contributed by atoms with Gasteiger partial charge in [0, 0.05) is 29.0 Å². The fourth-order valence-corrected chi connectivity index (χ4v) is 2.78. The average molecular weight is 372 g/mol. The molecule has 0 bridgehead atoms. The summed E-state index contributed by atoms with van der Waals surface area (Å²) in [4.78, 5) is 35.7. The maximum absolute atomic E-state index is 12.3. The van der Waals surface area contributed by atoms with Crippen molar-refractivity contribution in [2.45, 2.75) is 13.3 Å². The van der Waals surface area contributed by atoms with Crippen molar-refractivity contribution < 1.29 is 14.4 Å². The van der Waals surface area contributed by atoms with Crippen molar-refractivity contribution >= 4 is 46.4 Å². The van der Waals surface area contributed by atoms with E-state index in [1.165, 1.54) is 6.92 Å². The summed E-state index contributed by atoms with van der Waals surface area (Å²) in [7, 11) is 0. The molecule has 2 atom stereocenters. The number of hydrogen-bond donors (Lipinski definition) is 3. The number of anilines is 3. The number of hydrogen-bond acceptors (Lipinski definition) is 3. The lowest BCUT2D eigenvalue weighted by atomic mass is 10.2. The zero-order chi connectivity index (χ0) is 18.7. The molecule has 1 aliphatic carbocycles. The van der Waals surface area contributed by atoms with Crippen molar-refractivity contribution in [1.29, 1.82) is 0 Å². The van der Waals surface area contributed by atoms with Crippen LogP contribution in [0.1, 0.15) is 13.3 Å². The first kappa shape index (κ1) is 17.9. The Labute approximate surface area is 155 Å². The lowest BCUT2D eigenvalue weighted by Crippen LogP contribution is -2.20. The third-order valence-electron chi connectivity index (χ3n) is 4.03. The summed E-state index contributed by atoms with van der Waals surface area (Å²) in [5.41, 5.74) is 1.82. The van der Waals surface area contributed by atoms with E-state index in [1.807, 2.05) is 0 Å². The number of carbonyl (C=O) groups is 3. The van der Waals surface area contributed by atoms with Crippen LogP contribution in [-0.2, 0) is 14.4 Å². The molecule has 3 N–H and O–H groups in total. The van der Waals surface area contributed by atoms with Crippen LogP contribution in [0, 0.1) is 11.8 Å². The summed E-state index contributed by atoms with van der Waals surface area (Å²) in [6.07, 6.45) is 0.511. The Bertz CT molecular complexity index is 851. The minimum atomic E-state index is -0.355. The molecular formula is C19H18ClN3O3. The second kappa shape index (κ2) is 7.58. The molecule has 2 aromatic carbocycles. The van der Waals surface area contributed by atoms with Gasteiger partial charge in [0.2, 0.25) is 17.7 Å². The first-order chi connectivity index (χ1) is 12.4. The molecule has 26 heavy (non-hydrogen) atoms. The van der Waals surface area contributed by atoms with Crippen LogP contribution in [-0.4, -0.2) is 17.7 Å². The Morgan fingerprint density at radius 1 is 0.846 bits per heavy atom. The summed E-state index contributed by atoms with van der Waals surface area (Å²) in [5, 5.41) is 8.82. The maximum Gasteiger partial charge on any atom is 0.228 e. The van der Waals surface area contributed by atoms with Gasteiger partial charge in [-0.25, -0.2) is 0 Å². The molecule has 7 heteroatoms. The van der Waals surface area contributed by atoms with Crippen LogP contribution in [0.3, 0.4) is 0 Å². The van der Waals surface area contributed by atoms with E-state index >= 15 is 0 Å². The zero-order valence-electron chi connectivity index (χ0n) is 14.1. The lowest BCUT2D eigenvalue weighted by Gasteiger charge is -2.08. The Morgan fingerprint density at radius 3 is 1.96 bits per heavy atom. The number of benzene rings is 2. The minimum absolute atomic E-state index is 0.181. The van der Waals surface area contributed by atoms with Crippen molar-refractivity contribution in [3.63, 3.8) is 0 Å². The quantitative estimate of drug-likeness (QED) is 0.751. The lowest BCUT2D eigenvalue weighted by molar-refractivity contribution is -0.122. The molecule has 0 spiro atoms. The van der Waals surface area contributed by atoms with Crippen molar-refractivity contribution in [2.75, 3.05) is 16.0 Å². The van der Waals surface area contributed by atoms with Crippen molar-refractivity contribution in [1.82, 2.24) is 0 Å². The third-order valence-corrected chi connectivity index (χ3v) is 4.28. The summed E-state index contributed by atoms with van der Waals surface area (Å²) in [6.45, 7) is 1.42. The van der Waals surface area contributed by atoms with Gasteiger partial charge in [-0.1, -0.05) is 17.7 Å². The van der Waals surface area contributed by atoms with E-state index in [2.05, 4.69) is 16.0 Å². The van der Waals surface area contributed by atoms with E-state index in [-0.39, 0.29) is 29.6 Å². The van der Waals surface area contributed by atoms with Crippen LogP contribution in [0.5, 0.6) is 0 Å². The molecule has 1 saturated carbocycles. The van der Waals surface area contributed by atoms with Crippen LogP contribution in [0.2, 0.25) is 5.02 Å². The van der Waals surface area contributed by atoms with Crippen LogP contribution >= 0.6 is 11.6 Å². The average Bonchev–Trinajstić information content (AvgIpc) is 3.37. The van der Waals surface area contributed by atoms with E-state index < -0.39 is 0 Å². The summed E-state index contributed by atoms with van der Waals surface area (Å²) >= 11 is 5.81. The highest BCUT2D eigenvalue weighted by molar-refractivity contribution is 6.30. The number of halogens is 1. The molecule has 0 heterocycles.